The van der Waals surface area contributed by atoms with Crippen LogP contribution in [0.25, 0.3) is 0 Å². The lowest BCUT2D eigenvalue weighted by Crippen LogP contribution is -2.28. The molecular formula is C17H21N3O2S. The molecule has 1 N–H and O–H groups in total. The molecule has 122 valence electrons. The Labute approximate surface area is 136 Å². The lowest BCUT2D eigenvalue weighted by atomic mass is 10.1. The van der Waals surface area contributed by atoms with Crippen molar-refractivity contribution in [1.82, 2.24) is 14.5 Å². The smallest absolute Gasteiger partial charge is 0.244 e. The lowest BCUT2D eigenvalue weighted by Gasteiger charge is -2.17. The molecule has 4 rings (SSSR count). The predicted octanol–water partition coefficient (Wildman–Crippen LogP) is 2.49. The highest BCUT2D eigenvalue weighted by molar-refractivity contribution is 7.89. The quantitative estimate of drug-likeness (QED) is 0.940. The maximum atomic E-state index is 12.8. The molecule has 1 atom stereocenters. The average molecular weight is 331 g/mol. The monoisotopic (exact) mass is 331 g/mol. The summed E-state index contributed by atoms with van der Waals surface area (Å²) in [4.78, 5) is 0.359. The standard InChI is InChI=1S/C17H21N3O2S/c1-12-5-7-14-13(10-12)6-8-15(14)19-23(21,22)17-11-18-20-9-3-2-4-16(17)20/h5,7,10-11,15,19H,2-4,6,8-9H2,1H3. The van der Waals surface area contributed by atoms with E-state index < -0.39 is 10.0 Å². The number of nitrogens with zero attached hydrogens (tertiary/aromatic N) is 2. The highest BCUT2D eigenvalue weighted by Crippen LogP contribution is 2.33. The van der Waals surface area contributed by atoms with Gasteiger partial charge in [-0.1, -0.05) is 23.8 Å². The van der Waals surface area contributed by atoms with Crippen LogP contribution in [-0.4, -0.2) is 18.2 Å². The summed E-state index contributed by atoms with van der Waals surface area (Å²) in [5.74, 6) is 0. The van der Waals surface area contributed by atoms with Crippen LogP contribution in [0, 0.1) is 6.92 Å². The molecule has 2 aliphatic rings. The molecule has 2 heterocycles. The Bertz CT molecular complexity index is 855. The molecule has 1 aliphatic heterocycles. The van der Waals surface area contributed by atoms with Crippen LogP contribution in [0.3, 0.4) is 0 Å². The van der Waals surface area contributed by atoms with E-state index in [4.69, 9.17) is 0 Å². The van der Waals surface area contributed by atoms with Crippen LogP contribution in [0.5, 0.6) is 0 Å². The number of aromatic nitrogens is 2. The summed E-state index contributed by atoms with van der Waals surface area (Å²) in [6.07, 6.45) is 6.14. The number of sulfonamides is 1. The van der Waals surface area contributed by atoms with Gasteiger partial charge < -0.3 is 0 Å². The average Bonchev–Trinajstić information content (AvgIpc) is 3.11. The third kappa shape index (κ3) is 2.60. The van der Waals surface area contributed by atoms with Crippen molar-refractivity contribution in [2.45, 2.75) is 56.5 Å². The SMILES string of the molecule is Cc1ccc2c(c1)CCC2NS(=O)(=O)c1cnn2c1CCCC2. The second-order valence-corrected chi connectivity index (χ2v) is 8.23. The molecule has 5 nitrogen and oxygen atoms in total. The van der Waals surface area contributed by atoms with Crippen LogP contribution < -0.4 is 4.72 Å². The molecule has 0 saturated heterocycles. The number of aryl methyl sites for hydroxylation is 3. The first-order valence-electron chi connectivity index (χ1n) is 8.21. The van der Waals surface area contributed by atoms with Crippen LogP contribution in [0.4, 0.5) is 0 Å². The maximum Gasteiger partial charge on any atom is 0.244 e. The van der Waals surface area contributed by atoms with Crippen molar-refractivity contribution in [3.8, 4) is 0 Å². The van der Waals surface area contributed by atoms with Gasteiger partial charge in [0.1, 0.15) is 4.90 Å². The molecular weight excluding hydrogens is 310 g/mol. The maximum absolute atomic E-state index is 12.8. The molecule has 1 aromatic carbocycles. The second kappa shape index (κ2) is 5.46. The third-order valence-corrected chi connectivity index (χ3v) is 6.42. The zero-order valence-corrected chi connectivity index (χ0v) is 14.1. The van der Waals surface area contributed by atoms with E-state index in [9.17, 15) is 8.42 Å². The third-order valence-electron chi connectivity index (χ3n) is 4.91. The van der Waals surface area contributed by atoms with Crippen LogP contribution in [0.15, 0.2) is 29.3 Å². The predicted molar refractivity (Wildman–Crippen MR) is 87.7 cm³/mol. The Morgan fingerprint density at radius 1 is 1.26 bits per heavy atom. The zero-order chi connectivity index (χ0) is 16.0. The van der Waals surface area contributed by atoms with Gasteiger partial charge in [-0.3, -0.25) is 4.68 Å². The zero-order valence-electron chi connectivity index (χ0n) is 13.2. The molecule has 1 aromatic heterocycles. The van der Waals surface area contributed by atoms with Crippen molar-refractivity contribution < 1.29 is 8.42 Å². The molecule has 1 aliphatic carbocycles. The van der Waals surface area contributed by atoms with E-state index >= 15 is 0 Å². The van der Waals surface area contributed by atoms with Gasteiger partial charge in [0.05, 0.1) is 11.9 Å². The number of fused-ring (bicyclic) bond motifs is 2. The van der Waals surface area contributed by atoms with E-state index in [1.165, 1.54) is 17.3 Å². The first-order chi connectivity index (χ1) is 11.0. The van der Waals surface area contributed by atoms with E-state index in [0.29, 0.717) is 4.90 Å². The van der Waals surface area contributed by atoms with Crippen LogP contribution in [-0.2, 0) is 29.4 Å². The fourth-order valence-corrected chi connectivity index (χ4v) is 5.19. The minimum atomic E-state index is -3.53. The summed E-state index contributed by atoms with van der Waals surface area (Å²) in [6.45, 7) is 2.88. The summed E-state index contributed by atoms with van der Waals surface area (Å²) in [7, 11) is -3.53. The topological polar surface area (TPSA) is 64.0 Å². The summed E-state index contributed by atoms with van der Waals surface area (Å²) in [6, 6.07) is 6.13. The molecule has 2 aromatic rings. The first-order valence-corrected chi connectivity index (χ1v) is 9.69. The van der Waals surface area contributed by atoms with E-state index in [-0.39, 0.29) is 6.04 Å². The highest BCUT2D eigenvalue weighted by Gasteiger charge is 2.30. The van der Waals surface area contributed by atoms with Crippen molar-refractivity contribution in [3.63, 3.8) is 0 Å². The molecule has 1 unspecified atom stereocenters. The molecule has 0 fully saturated rings. The summed E-state index contributed by atoms with van der Waals surface area (Å²) >= 11 is 0. The Morgan fingerprint density at radius 2 is 2.13 bits per heavy atom. The van der Waals surface area contributed by atoms with Crippen molar-refractivity contribution >= 4 is 10.0 Å². The minimum absolute atomic E-state index is 0.130. The van der Waals surface area contributed by atoms with Gasteiger partial charge in [0.25, 0.3) is 0 Å². The number of benzene rings is 1. The normalized spacial score (nSPS) is 20.3. The molecule has 0 spiro atoms. The van der Waals surface area contributed by atoms with Crippen LogP contribution in [0.1, 0.15) is 47.7 Å². The Balaban J connectivity index is 1.63. The van der Waals surface area contributed by atoms with Gasteiger partial charge in [0.2, 0.25) is 10.0 Å². The van der Waals surface area contributed by atoms with Crippen molar-refractivity contribution in [1.29, 1.82) is 0 Å². The summed E-state index contributed by atoms with van der Waals surface area (Å²) in [5, 5.41) is 4.25. The molecule has 6 heteroatoms. The number of hydrogen-bond donors (Lipinski definition) is 1. The van der Waals surface area contributed by atoms with Gasteiger partial charge in [-0.25, -0.2) is 13.1 Å². The fraction of sp³-hybridized carbons (Fsp3) is 0.471. The fourth-order valence-electron chi connectivity index (χ4n) is 3.74. The van der Waals surface area contributed by atoms with Gasteiger partial charge in [-0.2, -0.15) is 5.10 Å². The van der Waals surface area contributed by atoms with E-state index in [0.717, 1.165) is 49.9 Å². The second-order valence-electron chi connectivity index (χ2n) is 6.55. The molecule has 0 amide bonds. The van der Waals surface area contributed by atoms with Crippen LogP contribution in [0.2, 0.25) is 0 Å². The van der Waals surface area contributed by atoms with Gasteiger partial charge in [-0.15, -0.1) is 0 Å². The van der Waals surface area contributed by atoms with E-state index in [2.05, 4.69) is 28.9 Å². The summed E-state index contributed by atoms with van der Waals surface area (Å²) in [5.41, 5.74) is 4.44. The van der Waals surface area contributed by atoms with E-state index in [1.807, 2.05) is 10.7 Å². The Kier molecular flexibility index (Phi) is 3.54. The molecule has 0 saturated carbocycles. The summed E-state index contributed by atoms with van der Waals surface area (Å²) < 4.78 is 30.4. The van der Waals surface area contributed by atoms with Crippen molar-refractivity contribution in [2.75, 3.05) is 0 Å². The van der Waals surface area contributed by atoms with Gasteiger partial charge in [0.15, 0.2) is 0 Å². The van der Waals surface area contributed by atoms with Gasteiger partial charge in [-0.05, 0) is 50.2 Å². The van der Waals surface area contributed by atoms with Gasteiger partial charge >= 0.3 is 0 Å². The molecule has 23 heavy (non-hydrogen) atoms. The largest absolute Gasteiger partial charge is 0.268 e. The van der Waals surface area contributed by atoms with Crippen molar-refractivity contribution in [2.24, 2.45) is 0 Å². The van der Waals surface area contributed by atoms with Crippen LogP contribution >= 0.6 is 0 Å². The van der Waals surface area contributed by atoms with E-state index in [1.54, 1.807) is 0 Å². The number of rotatable bonds is 3. The van der Waals surface area contributed by atoms with Crippen molar-refractivity contribution in [3.05, 3.63) is 46.8 Å². The minimum Gasteiger partial charge on any atom is -0.268 e. The lowest BCUT2D eigenvalue weighted by molar-refractivity contribution is 0.480. The number of nitrogens with one attached hydrogen (secondary N) is 1. The Hall–Kier alpha value is -1.66. The molecule has 0 radical (unpaired) electrons. The van der Waals surface area contributed by atoms with Gasteiger partial charge in [0, 0.05) is 12.6 Å². The highest BCUT2D eigenvalue weighted by atomic mass is 32.2. The molecule has 0 bridgehead atoms. The Morgan fingerprint density at radius 3 is 3.00 bits per heavy atom. The first kappa shape index (κ1) is 14.9. The number of hydrogen-bond acceptors (Lipinski definition) is 3.